The minimum atomic E-state index is -0.211. The maximum Gasteiger partial charge on any atom is 0.261 e. The lowest BCUT2D eigenvalue weighted by atomic mass is 9.97. The number of nitrogens with one attached hydrogen (secondary N) is 1. The average molecular weight is 287 g/mol. The first-order valence-electron chi connectivity index (χ1n) is 7.45. The highest BCUT2D eigenvalue weighted by Crippen LogP contribution is 2.25. The first kappa shape index (κ1) is 14.1. The molecule has 0 aliphatic carbocycles. The van der Waals surface area contributed by atoms with Gasteiger partial charge in [0.15, 0.2) is 0 Å². The fourth-order valence-corrected chi connectivity index (χ4v) is 3.00. The molecule has 0 saturated carbocycles. The van der Waals surface area contributed by atoms with Gasteiger partial charge in [-0.15, -0.1) is 0 Å². The van der Waals surface area contributed by atoms with Crippen molar-refractivity contribution in [2.75, 3.05) is 39.0 Å². The van der Waals surface area contributed by atoms with Gasteiger partial charge in [0.1, 0.15) is 0 Å². The van der Waals surface area contributed by atoms with Crippen molar-refractivity contribution in [1.82, 2.24) is 9.80 Å². The lowest BCUT2D eigenvalue weighted by molar-refractivity contribution is 0.0693. The summed E-state index contributed by atoms with van der Waals surface area (Å²) in [6.45, 7) is 3.22. The number of anilines is 1. The van der Waals surface area contributed by atoms with Gasteiger partial charge in [-0.05, 0) is 57.1 Å². The van der Waals surface area contributed by atoms with Crippen LogP contribution in [0.15, 0.2) is 18.2 Å². The molecule has 0 aromatic heterocycles. The Bertz CT molecular complexity index is 577. The Hall–Kier alpha value is -1.88. The second kappa shape index (κ2) is 5.48. The molecule has 2 aliphatic heterocycles. The van der Waals surface area contributed by atoms with Gasteiger partial charge in [0, 0.05) is 19.3 Å². The molecule has 1 aromatic carbocycles. The highest BCUT2D eigenvalue weighted by molar-refractivity contribution is 6.21. The van der Waals surface area contributed by atoms with E-state index in [0.29, 0.717) is 17.0 Å². The smallest absolute Gasteiger partial charge is 0.261 e. The van der Waals surface area contributed by atoms with Crippen molar-refractivity contribution >= 4 is 17.5 Å². The van der Waals surface area contributed by atoms with Crippen molar-refractivity contribution in [1.29, 1.82) is 0 Å². The Morgan fingerprint density at radius 3 is 2.48 bits per heavy atom. The number of benzene rings is 1. The van der Waals surface area contributed by atoms with Gasteiger partial charge < -0.3 is 10.2 Å². The van der Waals surface area contributed by atoms with E-state index in [0.717, 1.165) is 25.3 Å². The molecular weight excluding hydrogens is 266 g/mol. The normalized spacial score (nSPS) is 20.0. The van der Waals surface area contributed by atoms with E-state index in [4.69, 9.17) is 0 Å². The molecule has 2 aliphatic rings. The minimum absolute atomic E-state index is 0.210. The van der Waals surface area contributed by atoms with Crippen LogP contribution < -0.4 is 5.32 Å². The van der Waals surface area contributed by atoms with Crippen LogP contribution >= 0.6 is 0 Å². The van der Waals surface area contributed by atoms with Crippen LogP contribution in [0.5, 0.6) is 0 Å². The number of amides is 2. The van der Waals surface area contributed by atoms with E-state index < -0.39 is 0 Å². The lowest BCUT2D eigenvalue weighted by Gasteiger charge is -2.29. The summed E-state index contributed by atoms with van der Waals surface area (Å²) in [6.07, 6.45) is 2.41. The number of rotatable bonds is 3. The van der Waals surface area contributed by atoms with Crippen LogP contribution in [0, 0.1) is 5.92 Å². The van der Waals surface area contributed by atoms with Crippen molar-refractivity contribution in [3.05, 3.63) is 29.3 Å². The molecule has 1 N–H and O–H groups in total. The first-order chi connectivity index (χ1) is 10.1. The predicted molar refractivity (Wildman–Crippen MR) is 81.6 cm³/mol. The summed E-state index contributed by atoms with van der Waals surface area (Å²) >= 11 is 0. The van der Waals surface area contributed by atoms with Gasteiger partial charge >= 0.3 is 0 Å². The third-order valence-electron chi connectivity index (χ3n) is 4.52. The molecule has 2 heterocycles. The van der Waals surface area contributed by atoms with E-state index in [1.54, 1.807) is 12.1 Å². The van der Waals surface area contributed by atoms with Crippen LogP contribution in [-0.2, 0) is 0 Å². The highest BCUT2D eigenvalue weighted by atomic mass is 16.2. The fraction of sp³-hybridized carbons (Fsp3) is 0.500. The number of imide groups is 1. The van der Waals surface area contributed by atoms with Gasteiger partial charge in [0.05, 0.1) is 11.1 Å². The molecule has 0 spiro atoms. The van der Waals surface area contributed by atoms with Crippen LogP contribution in [0.1, 0.15) is 33.6 Å². The SMILES string of the molecule is CN1CCC(CNc2ccc3c(c2)C(=O)N(C)C3=O)CC1. The molecule has 5 nitrogen and oxygen atoms in total. The molecule has 5 heteroatoms. The topological polar surface area (TPSA) is 52.7 Å². The Labute approximate surface area is 124 Å². The van der Waals surface area contributed by atoms with Crippen LogP contribution in [0.25, 0.3) is 0 Å². The molecule has 1 fully saturated rings. The summed E-state index contributed by atoms with van der Waals surface area (Å²) in [5, 5.41) is 3.41. The molecule has 1 aromatic rings. The Morgan fingerprint density at radius 1 is 1.10 bits per heavy atom. The standard InChI is InChI=1S/C16H21N3O2/c1-18-7-5-11(6-8-18)10-17-12-3-4-13-14(9-12)16(21)19(2)15(13)20/h3-4,9,11,17H,5-8,10H2,1-2H3. The zero-order valence-corrected chi connectivity index (χ0v) is 12.6. The van der Waals surface area contributed by atoms with E-state index in [9.17, 15) is 9.59 Å². The monoisotopic (exact) mass is 287 g/mol. The van der Waals surface area contributed by atoms with Crippen molar-refractivity contribution in [3.63, 3.8) is 0 Å². The van der Waals surface area contributed by atoms with Gasteiger partial charge in [-0.2, -0.15) is 0 Å². The average Bonchev–Trinajstić information content (AvgIpc) is 2.71. The summed E-state index contributed by atoms with van der Waals surface area (Å²) < 4.78 is 0. The molecule has 0 unspecified atom stereocenters. The Kier molecular flexibility index (Phi) is 3.68. The van der Waals surface area contributed by atoms with Gasteiger partial charge in [-0.1, -0.05) is 0 Å². The van der Waals surface area contributed by atoms with Crippen LogP contribution in [0.2, 0.25) is 0 Å². The number of piperidine rings is 1. The molecule has 112 valence electrons. The second-order valence-corrected chi connectivity index (χ2v) is 6.06. The van der Waals surface area contributed by atoms with E-state index in [-0.39, 0.29) is 11.8 Å². The van der Waals surface area contributed by atoms with Crippen LogP contribution in [-0.4, -0.2) is 55.3 Å². The molecule has 0 bridgehead atoms. The number of likely N-dealkylation sites (tertiary alicyclic amines) is 1. The summed E-state index contributed by atoms with van der Waals surface area (Å²) in [5.41, 5.74) is 1.94. The molecule has 21 heavy (non-hydrogen) atoms. The number of nitrogens with zero attached hydrogens (tertiary/aromatic N) is 2. The van der Waals surface area contributed by atoms with Gasteiger partial charge in [-0.25, -0.2) is 0 Å². The van der Waals surface area contributed by atoms with Crippen molar-refractivity contribution in [2.45, 2.75) is 12.8 Å². The molecule has 1 saturated heterocycles. The number of hydrogen-bond acceptors (Lipinski definition) is 4. The van der Waals surface area contributed by atoms with Gasteiger partial charge in [-0.3, -0.25) is 14.5 Å². The Balaban J connectivity index is 1.66. The van der Waals surface area contributed by atoms with E-state index in [2.05, 4.69) is 17.3 Å². The molecule has 2 amide bonds. The second-order valence-electron chi connectivity index (χ2n) is 6.06. The number of fused-ring (bicyclic) bond motifs is 1. The molecule has 0 atom stereocenters. The third-order valence-corrected chi connectivity index (χ3v) is 4.52. The first-order valence-corrected chi connectivity index (χ1v) is 7.45. The highest BCUT2D eigenvalue weighted by Gasteiger charge is 2.32. The lowest BCUT2D eigenvalue weighted by Crippen LogP contribution is -2.32. The largest absolute Gasteiger partial charge is 0.385 e. The zero-order valence-electron chi connectivity index (χ0n) is 12.6. The van der Waals surface area contributed by atoms with Crippen molar-refractivity contribution in [2.24, 2.45) is 5.92 Å². The van der Waals surface area contributed by atoms with E-state index in [1.807, 2.05) is 6.07 Å². The maximum absolute atomic E-state index is 12.0. The third kappa shape index (κ3) is 2.65. The Morgan fingerprint density at radius 2 is 1.76 bits per heavy atom. The van der Waals surface area contributed by atoms with Gasteiger partial charge in [0.2, 0.25) is 0 Å². The van der Waals surface area contributed by atoms with E-state index in [1.165, 1.54) is 24.8 Å². The minimum Gasteiger partial charge on any atom is -0.385 e. The van der Waals surface area contributed by atoms with Crippen LogP contribution in [0.3, 0.4) is 0 Å². The summed E-state index contributed by atoms with van der Waals surface area (Å²) in [7, 11) is 3.68. The molecule has 0 radical (unpaired) electrons. The quantitative estimate of drug-likeness (QED) is 0.859. The van der Waals surface area contributed by atoms with Crippen molar-refractivity contribution in [3.8, 4) is 0 Å². The number of carbonyl (C=O) groups is 2. The van der Waals surface area contributed by atoms with Crippen LogP contribution in [0.4, 0.5) is 5.69 Å². The molecule has 3 rings (SSSR count). The summed E-state index contributed by atoms with van der Waals surface area (Å²) in [4.78, 5) is 27.3. The zero-order chi connectivity index (χ0) is 15.0. The predicted octanol–water partition coefficient (Wildman–Crippen LogP) is 1.67. The van der Waals surface area contributed by atoms with E-state index >= 15 is 0 Å². The number of carbonyl (C=O) groups excluding carboxylic acids is 2. The molecular formula is C16H21N3O2. The number of hydrogen-bond donors (Lipinski definition) is 1. The fourth-order valence-electron chi connectivity index (χ4n) is 3.00. The summed E-state index contributed by atoms with van der Waals surface area (Å²) in [5.74, 6) is 0.254. The maximum atomic E-state index is 12.0. The van der Waals surface area contributed by atoms with Crippen molar-refractivity contribution < 1.29 is 9.59 Å². The summed E-state index contributed by atoms with van der Waals surface area (Å²) in [6, 6.07) is 5.43. The van der Waals surface area contributed by atoms with Gasteiger partial charge in [0.25, 0.3) is 11.8 Å².